The third kappa shape index (κ3) is 4.80. The summed E-state index contributed by atoms with van der Waals surface area (Å²) in [4.78, 5) is 36.4. The summed E-state index contributed by atoms with van der Waals surface area (Å²) in [5.41, 5.74) is 1.30. The second kappa shape index (κ2) is 9.36. The van der Waals surface area contributed by atoms with E-state index in [1.165, 1.54) is 13.0 Å². The molecule has 2 aromatic rings. The number of carbonyl (C=O) groups is 3. The second-order valence-corrected chi connectivity index (χ2v) is 7.21. The first-order valence-corrected chi connectivity index (χ1v) is 9.53. The monoisotopic (exact) mass is 430 g/mol. The summed E-state index contributed by atoms with van der Waals surface area (Å²) < 4.78 is 10.0. The third-order valence-electron chi connectivity index (χ3n) is 5.08. The average molecular weight is 430 g/mol. The molecule has 0 bridgehead atoms. The molecule has 0 spiro atoms. The Morgan fingerprint density at radius 2 is 1.55 bits per heavy atom. The summed E-state index contributed by atoms with van der Waals surface area (Å²) in [6.07, 6.45) is -9.27. The predicted octanol–water partition coefficient (Wildman–Crippen LogP) is 0.457. The number of aliphatic carboxylic acids is 1. The Kier molecular flexibility index (Phi) is 6.81. The standard InChI is InChI=1S/C22H22O9/c1-11(13-8-5-9-14(10-13)15(23)12-6-3-2-4-7-12)21(29)31-22-18(26)16(24)17(25)19(30-22)20(27)28/h2-11,16-19,22,24-26H,1H3,(H,27,28)/t11-,16-,17-,18+,19+,22-/m1/s1. The number of carbonyl (C=O) groups excluding carboxylic acids is 2. The van der Waals surface area contributed by atoms with Gasteiger partial charge in [0.1, 0.15) is 18.3 Å². The van der Waals surface area contributed by atoms with Crippen molar-refractivity contribution in [3.63, 3.8) is 0 Å². The highest BCUT2D eigenvalue weighted by Gasteiger charge is 2.48. The van der Waals surface area contributed by atoms with E-state index < -0.39 is 48.6 Å². The maximum Gasteiger partial charge on any atom is 0.335 e. The van der Waals surface area contributed by atoms with Crippen LogP contribution < -0.4 is 0 Å². The number of rotatable bonds is 6. The number of aliphatic hydroxyl groups is 3. The molecule has 31 heavy (non-hydrogen) atoms. The van der Waals surface area contributed by atoms with Crippen LogP contribution in [0.2, 0.25) is 0 Å². The van der Waals surface area contributed by atoms with Crippen LogP contribution in [0, 0.1) is 0 Å². The summed E-state index contributed by atoms with van der Waals surface area (Å²) in [7, 11) is 0. The molecule has 6 atom stereocenters. The van der Waals surface area contributed by atoms with Gasteiger partial charge in [0.25, 0.3) is 0 Å². The zero-order chi connectivity index (χ0) is 22.7. The van der Waals surface area contributed by atoms with E-state index in [4.69, 9.17) is 14.6 Å². The largest absolute Gasteiger partial charge is 0.479 e. The molecule has 164 valence electrons. The number of esters is 1. The summed E-state index contributed by atoms with van der Waals surface area (Å²) in [6, 6.07) is 15.0. The van der Waals surface area contributed by atoms with Gasteiger partial charge < -0.3 is 29.9 Å². The predicted molar refractivity (Wildman–Crippen MR) is 105 cm³/mol. The zero-order valence-electron chi connectivity index (χ0n) is 16.5. The van der Waals surface area contributed by atoms with Crippen LogP contribution in [0.25, 0.3) is 0 Å². The van der Waals surface area contributed by atoms with E-state index >= 15 is 0 Å². The van der Waals surface area contributed by atoms with Gasteiger partial charge in [-0.05, 0) is 18.6 Å². The van der Waals surface area contributed by atoms with Crippen LogP contribution >= 0.6 is 0 Å². The van der Waals surface area contributed by atoms with Gasteiger partial charge >= 0.3 is 11.9 Å². The Hall–Kier alpha value is -3.11. The molecule has 1 saturated heterocycles. The van der Waals surface area contributed by atoms with Crippen molar-refractivity contribution in [1.82, 2.24) is 0 Å². The Balaban J connectivity index is 1.74. The molecule has 3 rings (SSSR count). The topological polar surface area (TPSA) is 151 Å². The number of carboxylic acids is 1. The summed E-state index contributed by atoms with van der Waals surface area (Å²) >= 11 is 0. The molecule has 9 nitrogen and oxygen atoms in total. The molecular formula is C22H22O9. The maximum atomic E-state index is 12.6. The fraction of sp³-hybridized carbons (Fsp3) is 0.318. The van der Waals surface area contributed by atoms with Crippen molar-refractivity contribution in [2.75, 3.05) is 0 Å². The van der Waals surface area contributed by atoms with Crippen molar-refractivity contribution in [3.05, 3.63) is 71.3 Å². The van der Waals surface area contributed by atoms with E-state index in [9.17, 15) is 29.7 Å². The highest BCUT2D eigenvalue weighted by atomic mass is 16.7. The van der Waals surface area contributed by atoms with Crippen LogP contribution in [0.5, 0.6) is 0 Å². The Morgan fingerprint density at radius 3 is 2.19 bits per heavy atom. The maximum absolute atomic E-state index is 12.6. The molecule has 1 aliphatic heterocycles. The van der Waals surface area contributed by atoms with Gasteiger partial charge in [0, 0.05) is 11.1 Å². The highest BCUT2D eigenvalue weighted by Crippen LogP contribution is 2.26. The molecule has 4 N–H and O–H groups in total. The Morgan fingerprint density at radius 1 is 0.903 bits per heavy atom. The van der Waals surface area contributed by atoms with Gasteiger partial charge in [-0.2, -0.15) is 0 Å². The molecule has 0 radical (unpaired) electrons. The Bertz CT molecular complexity index is 958. The minimum absolute atomic E-state index is 0.226. The van der Waals surface area contributed by atoms with E-state index in [-0.39, 0.29) is 5.78 Å². The molecule has 0 unspecified atom stereocenters. The summed E-state index contributed by atoms with van der Waals surface area (Å²) in [5.74, 6) is -3.58. The fourth-order valence-electron chi connectivity index (χ4n) is 3.21. The minimum atomic E-state index is -1.89. The van der Waals surface area contributed by atoms with Crippen molar-refractivity contribution in [2.24, 2.45) is 0 Å². The van der Waals surface area contributed by atoms with Gasteiger partial charge in [-0.3, -0.25) is 9.59 Å². The summed E-state index contributed by atoms with van der Waals surface area (Å²) in [6.45, 7) is 1.50. The van der Waals surface area contributed by atoms with E-state index in [1.807, 2.05) is 0 Å². The third-order valence-corrected chi connectivity index (χ3v) is 5.08. The number of aliphatic hydroxyl groups excluding tert-OH is 3. The number of carboxylic acid groups (broad SMARTS) is 1. The number of benzene rings is 2. The molecule has 0 aliphatic carbocycles. The van der Waals surface area contributed by atoms with Crippen molar-refractivity contribution in [2.45, 2.75) is 43.5 Å². The molecule has 9 heteroatoms. The molecule has 1 fully saturated rings. The summed E-state index contributed by atoms with van der Waals surface area (Å²) in [5, 5.41) is 38.6. The number of ketones is 1. The molecular weight excluding hydrogens is 408 g/mol. The number of hydrogen-bond donors (Lipinski definition) is 4. The van der Waals surface area contributed by atoms with Gasteiger partial charge in [0.05, 0.1) is 5.92 Å². The molecule has 0 amide bonds. The highest BCUT2D eigenvalue weighted by molar-refractivity contribution is 6.09. The Labute approximate surface area is 177 Å². The lowest BCUT2D eigenvalue weighted by Crippen LogP contribution is -2.60. The van der Waals surface area contributed by atoms with E-state index in [0.717, 1.165) is 0 Å². The van der Waals surface area contributed by atoms with Gasteiger partial charge in [0.15, 0.2) is 11.9 Å². The SMILES string of the molecule is C[C@@H](C(=O)O[C@H]1O[C@H](C(=O)O)[C@H](O)[C@@H](O)[C@@H]1O)c1cccc(C(=O)c2ccccc2)c1. The van der Waals surface area contributed by atoms with Crippen LogP contribution in [0.15, 0.2) is 54.6 Å². The van der Waals surface area contributed by atoms with Crippen molar-refractivity contribution in [1.29, 1.82) is 0 Å². The second-order valence-electron chi connectivity index (χ2n) is 7.21. The lowest BCUT2D eigenvalue weighted by Gasteiger charge is -2.38. The molecule has 0 saturated carbocycles. The van der Waals surface area contributed by atoms with Crippen LogP contribution in [-0.4, -0.2) is 68.9 Å². The smallest absolute Gasteiger partial charge is 0.335 e. The van der Waals surface area contributed by atoms with E-state index in [2.05, 4.69) is 0 Å². The fourth-order valence-corrected chi connectivity index (χ4v) is 3.21. The van der Waals surface area contributed by atoms with Gasteiger partial charge in [-0.1, -0.05) is 48.5 Å². The molecule has 0 aromatic heterocycles. The van der Waals surface area contributed by atoms with Crippen molar-refractivity contribution >= 4 is 17.7 Å². The van der Waals surface area contributed by atoms with Crippen LogP contribution in [0.1, 0.15) is 34.3 Å². The van der Waals surface area contributed by atoms with Crippen molar-refractivity contribution in [3.8, 4) is 0 Å². The minimum Gasteiger partial charge on any atom is -0.479 e. The van der Waals surface area contributed by atoms with Crippen LogP contribution in [0.3, 0.4) is 0 Å². The molecule has 1 aliphatic rings. The number of ether oxygens (including phenoxy) is 2. The quantitative estimate of drug-likeness (QED) is 0.378. The van der Waals surface area contributed by atoms with Crippen LogP contribution in [0.4, 0.5) is 0 Å². The first-order chi connectivity index (χ1) is 14.7. The van der Waals surface area contributed by atoms with E-state index in [0.29, 0.717) is 16.7 Å². The first kappa shape index (κ1) is 22.6. The molecule has 2 aromatic carbocycles. The van der Waals surface area contributed by atoms with Crippen LogP contribution in [-0.2, 0) is 19.1 Å². The lowest BCUT2D eigenvalue weighted by molar-refractivity contribution is -0.286. The number of hydrogen-bond acceptors (Lipinski definition) is 8. The first-order valence-electron chi connectivity index (χ1n) is 9.53. The zero-order valence-corrected chi connectivity index (χ0v) is 16.5. The lowest BCUT2D eigenvalue weighted by atomic mass is 9.95. The average Bonchev–Trinajstić information content (AvgIpc) is 2.78. The van der Waals surface area contributed by atoms with Crippen molar-refractivity contribution < 1.29 is 44.3 Å². The van der Waals surface area contributed by atoms with Gasteiger partial charge in [0.2, 0.25) is 6.29 Å². The van der Waals surface area contributed by atoms with Gasteiger partial charge in [-0.15, -0.1) is 0 Å². The molecule has 1 heterocycles. The van der Waals surface area contributed by atoms with Gasteiger partial charge in [-0.25, -0.2) is 4.79 Å². The normalized spacial score (nSPS) is 26.6. The van der Waals surface area contributed by atoms with E-state index in [1.54, 1.807) is 48.5 Å².